The molecule has 0 amide bonds. The van der Waals surface area contributed by atoms with Crippen LogP contribution in [-0.2, 0) is 20.1 Å². The minimum Gasteiger partial charge on any atom is 0 e. The van der Waals surface area contributed by atoms with Crippen molar-refractivity contribution >= 4 is 39.6 Å². The second-order valence-electron chi connectivity index (χ2n) is 12.9. The van der Waals surface area contributed by atoms with Crippen molar-refractivity contribution in [3.8, 4) is 33.6 Å². The Morgan fingerprint density at radius 3 is 2.00 bits per heavy atom. The first kappa shape index (κ1) is 34.0. The fraction of sp³-hybridized carbons (Fsp3) is 0.0952. The number of hydrogen-bond donors (Lipinski definition) is 0. The van der Waals surface area contributed by atoms with Crippen LogP contribution in [0.5, 0.6) is 0 Å². The topological polar surface area (TPSA) is 20.9 Å². The molecule has 0 atom stereocenters. The molecule has 3 aromatic heterocycles. The quantitative estimate of drug-likeness (QED) is 0.0984. The van der Waals surface area contributed by atoms with Gasteiger partial charge in [-0.2, -0.15) is 18.6 Å². The van der Waals surface area contributed by atoms with Gasteiger partial charge in [-0.1, -0.05) is 71.8 Å². The van der Waals surface area contributed by atoms with E-state index in [4.69, 9.17) is 4.42 Å². The summed E-state index contributed by atoms with van der Waals surface area (Å²) in [7, 11) is 8.28. The Labute approximate surface area is 295 Å². The third-order valence-electron chi connectivity index (χ3n) is 8.47. The molecule has 0 N–H and O–H groups in total. The van der Waals surface area contributed by atoms with E-state index < -0.39 is 13.3 Å². The standard InChI is InChI=1S/C26H20NO.C16H20GeN.Ir/c1-17-14-15-27(3)23(16-17)24-18(2)12-13-22-21-11-7-10-20(25(21)28-26(22)24)19-8-5-4-6-9-19;1-13-8-6-7-9-15(13)16-11-10-14(12-18(16)5)17(2,3)4;/h4-16H,2-3H2,1H3;6-12H,1,5H2,2-4H3;/q2*-1;. The van der Waals surface area contributed by atoms with Crippen molar-refractivity contribution in [2.75, 3.05) is 0 Å². The molecule has 0 aliphatic carbocycles. The Kier molecular flexibility index (Phi) is 9.98. The molecular weight excluding hydrogens is 813 g/mol. The molecule has 3 nitrogen and oxygen atoms in total. The van der Waals surface area contributed by atoms with E-state index in [9.17, 15) is 0 Å². The number of pyridine rings is 2. The van der Waals surface area contributed by atoms with Crippen molar-refractivity contribution in [1.29, 1.82) is 0 Å². The average Bonchev–Trinajstić information content (AvgIpc) is 3.42. The summed E-state index contributed by atoms with van der Waals surface area (Å²) in [5.74, 6) is 7.18. The van der Waals surface area contributed by atoms with Gasteiger partial charge in [0.2, 0.25) is 0 Å². The average molecular weight is 854 g/mol. The number of nitrogens with zero attached hydrogens (tertiary/aromatic N) is 2. The Morgan fingerprint density at radius 1 is 0.617 bits per heavy atom. The van der Waals surface area contributed by atoms with Gasteiger partial charge < -0.3 is 8.98 Å². The molecule has 0 bridgehead atoms. The van der Waals surface area contributed by atoms with Crippen LogP contribution < -0.4 is 13.5 Å². The number of hydrogen-bond acceptors (Lipinski definition) is 1. The van der Waals surface area contributed by atoms with Crippen molar-refractivity contribution in [3.05, 3.63) is 166 Å². The zero-order valence-electron chi connectivity index (χ0n) is 27.5. The first-order valence-electron chi connectivity index (χ1n) is 15.5. The normalized spacial score (nSPS) is 11.1. The van der Waals surface area contributed by atoms with Gasteiger partial charge in [-0.05, 0) is 12.5 Å². The predicted molar refractivity (Wildman–Crippen MR) is 195 cm³/mol. The fourth-order valence-corrected chi connectivity index (χ4v) is 8.25. The van der Waals surface area contributed by atoms with E-state index in [2.05, 4.69) is 137 Å². The van der Waals surface area contributed by atoms with Gasteiger partial charge in [0.05, 0.1) is 17.5 Å². The van der Waals surface area contributed by atoms with Crippen LogP contribution in [0.2, 0.25) is 17.3 Å². The number of aromatic nitrogens is 2. The van der Waals surface area contributed by atoms with Gasteiger partial charge in [0.1, 0.15) is 5.58 Å². The van der Waals surface area contributed by atoms with E-state index in [-0.39, 0.29) is 20.1 Å². The second-order valence-corrected chi connectivity index (χ2v) is 23.5. The van der Waals surface area contributed by atoms with E-state index in [0.717, 1.165) is 66.7 Å². The SMILES string of the molecule is [CH2-]c1ccc2c(oc3c(-c4ccccc4)cccc32)c1-c1cc(C)cc[n+]1[CH2-].[CH2-]c1ccccc1-c1cc[c]([Ge]([CH3])([CH3])[CH3])c[n+]1[CH2-].[Ir]. The zero-order chi connectivity index (χ0) is 32.6. The minimum atomic E-state index is -1.78. The van der Waals surface area contributed by atoms with Gasteiger partial charge in [-0.15, -0.1) is 6.07 Å². The Bertz CT molecular complexity index is 2200. The van der Waals surface area contributed by atoms with Crippen molar-refractivity contribution in [1.82, 2.24) is 0 Å². The van der Waals surface area contributed by atoms with Crippen molar-refractivity contribution in [3.63, 3.8) is 0 Å². The molecule has 4 aromatic carbocycles. The molecule has 7 aromatic rings. The van der Waals surface area contributed by atoms with E-state index in [0.29, 0.717) is 0 Å². The molecule has 7 rings (SSSR count). The van der Waals surface area contributed by atoms with E-state index >= 15 is 0 Å². The first-order valence-corrected chi connectivity index (χ1v) is 22.8. The van der Waals surface area contributed by atoms with Gasteiger partial charge in [0.15, 0.2) is 0 Å². The largest absolute Gasteiger partial charge is 0 e. The van der Waals surface area contributed by atoms with Crippen LogP contribution in [0.3, 0.4) is 0 Å². The van der Waals surface area contributed by atoms with E-state index in [1.807, 2.05) is 45.7 Å². The van der Waals surface area contributed by atoms with Crippen LogP contribution in [-0.4, -0.2) is 13.3 Å². The third-order valence-corrected chi connectivity index (χ3v) is 12.7. The zero-order valence-corrected chi connectivity index (χ0v) is 32.0. The van der Waals surface area contributed by atoms with Crippen LogP contribution in [0.4, 0.5) is 0 Å². The summed E-state index contributed by atoms with van der Waals surface area (Å²) in [5, 5.41) is 2.21. The maximum Gasteiger partial charge on any atom is 0 e. The number of para-hydroxylation sites is 1. The summed E-state index contributed by atoms with van der Waals surface area (Å²) in [6, 6.07) is 37.6. The molecule has 0 aliphatic heterocycles. The summed E-state index contributed by atoms with van der Waals surface area (Å²) < 4.78 is 11.8. The van der Waals surface area contributed by atoms with Crippen molar-refractivity contribution < 1.29 is 33.7 Å². The second kappa shape index (κ2) is 13.8. The van der Waals surface area contributed by atoms with Gasteiger partial charge in [0, 0.05) is 43.5 Å². The maximum atomic E-state index is 6.52. The molecule has 0 spiro atoms. The molecule has 3 heterocycles. The monoisotopic (exact) mass is 855 g/mol. The smallest absolute Gasteiger partial charge is 0 e. The van der Waals surface area contributed by atoms with Gasteiger partial charge in [-0.3, -0.25) is 0 Å². The fourth-order valence-electron chi connectivity index (χ4n) is 5.88. The van der Waals surface area contributed by atoms with Crippen LogP contribution >= 0.6 is 0 Å². The molecule has 5 heteroatoms. The van der Waals surface area contributed by atoms with Gasteiger partial charge >= 0.3 is 113 Å². The molecule has 0 saturated heterocycles. The summed E-state index contributed by atoms with van der Waals surface area (Å²) >= 11 is -1.78. The molecule has 1 radical (unpaired) electrons. The van der Waals surface area contributed by atoms with Crippen LogP contribution in [0.15, 0.2) is 126 Å². The van der Waals surface area contributed by atoms with Gasteiger partial charge in [-0.25, -0.2) is 0 Å². The van der Waals surface area contributed by atoms with Gasteiger partial charge in [0.25, 0.3) is 0 Å². The molecule has 239 valence electrons. The Hall–Kier alpha value is -4.35. The minimum absolute atomic E-state index is 0. The van der Waals surface area contributed by atoms with Crippen LogP contribution in [0.1, 0.15) is 16.7 Å². The molecule has 0 aliphatic rings. The maximum absolute atomic E-state index is 6.52. The van der Waals surface area contributed by atoms with E-state index in [1.165, 1.54) is 9.96 Å². The number of fused-ring (bicyclic) bond motifs is 3. The number of aryl methyl sites for hydroxylation is 1. The third kappa shape index (κ3) is 6.87. The van der Waals surface area contributed by atoms with Crippen molar-refractivity contribution in [2.24, 2.45) is 0 Å². The Morgan fingerprint density at radius 2 is 1.30 bits per heavy atom. The molecule has 0 fully saturated rings. The van der Waals surface area contributed by atoms with E-state index in [1.54, 1.807) is 0 Å². The predicted octanol–water partition coefficient (Wildman–Crippen LogP) is 9.34. The first-order chi connectivity index (χ1) is 22.0. The summed E-state index contributed by atoms with van der Waals surface area (Å²) in [4.78, 5) is 0. The molecular formula is C42H40GeIrN2O-2. The molecule has 47 heavy (non-hydrogen) atoms. The summed E-state index contributed by atoms with van der Waals surface area (Å²) in [5.41, 5.74) is 11.4. The van der Waals surface area contributed by atoms with Crippen LogP contribution in [0, 0.1) is 34.9 Å². The van der Waals surface area contributed by atoms with Crippen LogP contribution in [0.25, 0.3) is 55.6 Å². The summed E-state index contributed by atoms with van der Waals surface area (Å²) in [6.45, 7) is 10.4. The van der Waals surface area contributed by atoms with Crippen molar-refractivity contribution in [2.45, 2.75) is 24.2 Å². The number of benzene rings is 4. The number of rotatable bonds is 4. The molecule has 0 saturated carbocycles. The molecule has 0 unspecified atom stereocenters. The number of furan rings is 1. The summed E-state index contributed by atoms with van der Waals surface area (Å²) in [6.07, 6.45) is 4.16. The Balaban J connectivity index is 0.000000199.